The molecule has 2 N–H and O–H groups in total. The smallest absolute Gasteiger partial charge is 0.412 e. The maximum atomic E-state index is 12.4. The molecule has 7 heteroatoms. The summed E-state index contributed by atoms with van der Waals surface area (Å²) in [5.41, 5.74) is 1.25. The zero-order valence-electron chi connectivity index (χ0n) is 25.8. The molecule has 1 atom stereocenters. The Bertz CT molecular complexity index is 925. The molecule has 0 heterocycles. The van der Waals surface area contributed by atoms with Crippen LogP contribution in [0.2, 0.25) is 0 Å². The van der Waals surface area contributed by atoms with Crippen molar-refractivity contribution in [3.05, 3.63) is 60.7 Å². The van der Waals surface area contributed by atoms with Crippen LogP contribution in [0.25, 0.3) is 0 Å². The summed E-state index contributed by atoms with van der Waals surface area (Å²) < 4.78 is 16.6. The van der Waals surface area contributed by atoms with Crippen molar-refractivity contribution >= 4 is 23.6 Å². The molecule has 0 radical (unpaired) electrons. The van der Waals surface area contributed by atoms with Crippen LogP contribution in [-0.4, -0.2) is 38.1 Å². The fourth-order valence-corrected chi connectivity index (χ4v) is 4.75. The second-order valence-corrected chi connectivity index (χ2v) is 11.0. The van der Waals surface area contributed by atoms with Crippen molar-refractivity contribution in [3.8, 4) is 0 Å². The first-order valence-electron chi connectivity index (χ1n) is 16.3. The highest BCUT2D eigenvalue weighted by molar-refractivity contribution is 5.85. The lowest BCUT2D eigenvalue weighted by molar-refractivity contribution is -0.00628. The lowest BCUT2D eigenvalue weighted by Crippen LogP contribution is -2.32. The van der Waals surface area contributed by atoms with Gasteiger partial charge in [-0.2, -0.15) is 0 Å². The van der Waals surface area contributed by atoms with Gasteiger partial charge in [-0.05, 0) is 30.7 Å². The first kappa shape index (κ1) is 35.1. The number of para-hydroxylation sites is 2. The van der Waals surface area contributed by atoms with Gasteiger partial charge in [-0.1, -0.05) is 140 Å². The lowest BCUT2D eigenvalue weighted by atomic mass is 10.0. The maximum Gasteiger partial charge on any atom is 0.412 e. The average molecular weight is 583 g/mol. The Morgan fingerprint density at radius 1 is 0.571 bits per heavy atom. The Morgan fingerprint density at radius 3 is 1.48 bits per heavy atom. The van der Waals surface area contributed by atoms with Crippen LogP contribution in [0.1, 0.15) is 110 Å². The van der Waals surface area contributed by atoms with Gasteiger partial charge < -0.3 is 14.2 Å². The molecule has 2 aromatic rings. The van der Waals surface area contributed by atoms with Gasteiger partial charge in [-0.25, -0.2) is 9.59 Å². The number of ether oxygens (including phenoxy) is 3. The molecular formula is C35H54N2O5. The molecule has 42 heavy (non-hydrogen) atoms. The number of nitrogens with one attached hydrogen (secondary N) is 2. The first-order valence-corrected chi connectivity index (χ1v) is 16.3. The summed E-state index contributed by atoms with van der Waals surface area (Å²) in [6.45, 7) is 2.89. The van der Waals surface area contributed by atoms with E-state index in [1.165, 1.54) is 89.9 Å². The van der Waals surface area contributed by atoms with E-state index in [0.717, 1.165) is 12.8 Å². The van der Waals surface area contributed by atoms with Crippen LogP contribution in [0.15, 0.2) is 60.7 Å². The first-order chi connectivity index (χ1) is 20.7. The summed E-state index contributed by atoms with van der Waals surface area (Å²) in [4.78, 5) is 24.6. The number of carbonyl (C=O) groups is 2. The largest absolute Gasteiger partial charge is 0.445 e. The summed E-state index contributed by atoms with van der Waals surface area (Å²) in [6.07, 6.45) is 19.2. The summed E-state index contributed by atoms with van der Waals surface area (Å²) >= 11 is 0. The van der Waals surface area contributed by atoms with Gasteiger partial charge in [0.2, 0.25) is 0 Å². The number of anilines is 2. The highest BCUT2D eigenvalue weighted by atomic mass is 16.6. The fourth-order valence-electron chi connectivity index (χ4n) is 4.75. The van der Waals surface area contributed by atoms with E-state index in [2.05, 4.69) is 17.6 Å². The van der Waals surface area contributed by atoms with Gasteiger partial charge in [0.15, 0.2) is 6.10 Å². The predicted octanol–water partition coefficient (Wildman–Crippen LogP) is 10.1. The van der Waals surface area contributed by atoms with Gasteiger partial charge in [0.05, 0.1) is 6.61 Å². The number of rotatable bonds is 24. The minimum atomic E-state index is -0.726. The molecule has 2 amide bonds. The SMILES string of the molecule is CCCCCCCCCCCCCCCCCCOC[C@@H](COC(=O)Nc1ccccc1)OC(=O)Nc1ccccc1. The number of hydrogen-bond donors (Lipinski definition) is 2. The molecule has 0 aliphatic rings. The minimum Gasteiger partial charge on any atom is -0.445 e. The van der Waals surface area contributed by atoms with E-state index in [0.29, 0.717) is 18.0 Å². The van der Waals surface area contributed by atoms with Crippen LogP contribution in [-0.2, 0) is 14.2 Å². The number of carbonyl (C=O) groups excluding carboxylic acids is 2. The third-order valence-corrected chi connectivity index (χ3v) is 7.16. The van der Waals surface area contributed by atoms with Crippen LogP contribution < -0.4 is 10.6 Å². The second-order valence-electron chi connectivity index (χ2n) is 11.0. The van der Waals surface area contributed by atoms with Crippen molar-refractivity contribution in [2.24, 2.45) is 0 Å². The highest BCUT2D eigenvalue weighted by Gasteiger charge is 2.18. The predicted molar refractivity (Wildman–Crippen MR) is 172 cm³/mol. The molecule has 0 fully saturated rings. The van der Waals surface area contributed by atoms with Gasteiger partial charge in [-0.15, -0.1) is 0 Å². The zero-order valence-corrected chi connectivity index (χ0v) is 25.8. The summed E-state index contributed by atoms with van der Waals surface area (Å²) in [5, 5.41) is 5.35. The van der Waals surface area contributed by atoms with Crippen LogP contribution in [0.4, 0.5) is 21.0 Å². The van der Waals surface area contributed by atoms with Crippen LogP contribution >= 0.6 is 0 Å². The molecule has 0 aliphatic heterocycles. The van der Waals surface area contributed by atoms with Crippen molar-refractivity contribution in [3.63, 3.8) is 0 Å². The van der Waals surface area contributed by atoms with E-state index >= 15 is 0 Å². The van der Waals surface area contributed by atoms with Crippen molar-refractivity contribution in [1.29, 1.82) is 0 Å². The van der Waals surface area contributed by atoms with Gasteiger partial charge in [0, 0.05) is 18.0 Å². The summed E-state index contributed by atoms with van der Waals surface area (Å²) in [6, 6.07) is 18.1. The van der Waals surface area contributed by atoms with Gasteiger partial charge in [-0.3, -0.25) is 10.6 Å². The maximum absolute atomic E-state index is 12.4. The number of amides is 2. The van der Waals surface area contributed by atoms with Gasteiger partial charge in [0.1, 0.15) is 6.61 Å². The third-order valence-electron chi connectivity index (χ3n) is 7.16. The van der Waals surface area contributed by atoms with Crippen molar-refractivity contribution in [2.75, 3.05) is 30.5 Å². The Kier molecular flexibility index (Phi) is 20.5. The Hall–Kier alpha value is -3.06. The van der Waals surface area contributed by atoms with Crippen LogP contribution in [0.5, 0.6) is 0 Å². The Morgan fingerprint density at radius 2 is 1.00 bits per heavy atom. The molecule has 2 rings (SSSR count). The normalized spacial score (nSPS) is 11.5. The molecule has 0 aliphatic carbocycles. The molecule has 0 saturated heterocycles. The van der Waals surface area contributed by atoms with Crippen LogP contribution in [0.3, 0.4) is 0 Å². The van der Waals surface area contributed by atoms with Crippen LogP contribution in [0, 0.1) is 0 Å². The van der Waals surface area contributed by atoms with E-state index in [1.54, 1.807) is 24.3 Å². The van der Waals surface area contributed by atoms with E-state index < -0.39 is 18.3 Å². The molecule has 0 spiro atoms. The molecule has 2 aromatic carbocycles. The standard InChI is InChI=1S/C35H54N2O5/c1-2-3-4-5-6-7-8-9-10-11-12-13-14-15-16-23-28-40-29-33(42-35(39)37-32-26-21-18-22-27-32)30-41-34(38)36-31-24-19-17-20-25-31/h17-22,24-27,33H,2-16,23,28-30H2,1H3,(H,36,38)(H,37,39)/t33-/m0/s1. The molecular weight excluding hydrogens is 528 g/mol. The van der Waals surface area contributed by atoms with E-state index in [4.69, 9.17) is 14.2 Å². The highest BCUT2D eigenvalue weighted by Crippen LogP contribution is 2.14. The number of hydrogen-bond acceptors (Lipinski definition) is 5. The van der Waals surface area contributed by atoms with Gasteiger partial charge in [0.25, 0.3) is 0 Å². The topological polar surface area (TPSA) is 85.9 Å². The average Bonchev–Trinajstić information content (AvgIpc) is 3.00. The van der Waals surface area contributed by atoms with Crippen molar-refractivity contribution in [1.82, 2.24) is 0 Å². The fraction of sp³-hybridized carbons (Fsp3) is 0.600. The summed E-state index contributed by atoms with van der Waals surface area (Å²) in [5.74, 6) is 0. The number of unbranched alkanes of at least 4 members (excludes halogenated alkanes) is 15. The zero-order chi connectivity index (χ0) is 29.9. The minimum absolute atomic E-state index is 0.111. The molecule has 0 bridgehead atoms. The molecule has 0 aromatic heterocycles. The van der Waals surface area contributed by atoms with Crippen molar-refractivity contribution in [2.45, 2.75) is 116 Å². The molecule has 0 unspecified atom stereocenters. The Balaban J connectivity index is 1.53. The Labute approximate surface area is 254 Å². The van der Waals surface area contributed by atoms with Gasteiger partial charge >= 0.3 is 12.2 Å². The van der Waals surface area contributed by atoms with Crippen molar-refractivity contribution < 1.29 is 23.8 Å². The summed E-state index contributed by atoms with van der Waals surface area (Å²) in [7, 11) is 0. The lowest BCUT2D eigenvalue weighted by Gasteiger charge is -2.19. The monoisotopic (exact) mass is 582 g/mol. The quantitative estimate of drug-likeness (QED) is 0.120. The van der Waals surface area contributed by atoms with E-state index in [-0.39, 0.29) is 13.2 Å². The molecule has 7 nitrogen and oxygen atoms in total. The molecule has 234 valence electrons. The molecule has 0 saturated carbocycles. The van der Waals surface area contributed by atoms with E-state index in [1.807, 2.05) is 36.4 Å². The number of benzene rings is 2. The van der Waals surface area contributed by atoms with E-state index in [9.17, 15) is 9.59 Å². The second kappa shape index (κ2) is 24.5. The third kappa shape index (κ3) is 19.1.